The molecule has 0 amide bonds. The van der Waals surface area contributed by atoms with E-state index < -0.39 is 0 Å². The van der Waals surface area contributed by atoms with Gasteiger partial charge in [-0.1, -0.05) is 23.4 Å². The normalized spacial score (nSPS) is 15.2. The van der Waals surface area contributed by atoms with E-state index in [1.807, 2.05) is 18.2 Å². The molecule has 0 unspecified atom stereocenters. The molecule has 1 aliphatic carbocycles. The van der Waals surface area contributed by atoms with E-state index in [1.54, 1.807) is 0 Å². The first-order valence-electron chi connectivity index (χ1n) is 4.19. The summed E-state index contributed by atoms with van der Waals surface area (Å²) in [5.74, 6) is 0.156. The Labute approximate surface area is 95.4 Å². The van der Waals surface area contributed by atoms with Crippen LogP contribution in [0.3, 0.4) is 0 Å². The Morgan fingerprint density at radius 1 is 1.50 bits per heavy atom. The predicted octanol–water partition coefficient (Wildman–Crippen LogP) is 2.11. The second kappa shape index (κ2) is 3.61. The van der Waals surface area contributed by atoms with Crippen molar-refractivity contribution in [2.24, 2.45) is 10.9 Å². The van der Waals surface area contributed by atoms with Gasteiger partial charge in [-0.3, -0.25) is 0 Å². The molecule has 0 heterocycles. The highest BCUT2D eigenvalue weighted by Crippen LogP contribution is 2.32. The van der Waals surface area contributed by atoms with Gasteiger partial charge in [0.1, 0.15) is 0 Å². The van der Waals surface area contributed by atoms with E-state index in [0.29, 0.717) is 0 Å². The zero-order chi connectivity index (χ0) is 10.1. The van der Waals surface area contributed by atoms with Gasteiger partial charge in [0.2, 0.25) is 0 Å². The van der Waals surface area contributed by atoms with Crippen LogP contribution >= 0.6 is 22.6 Å². The van der Waals surface area contributed by atoms with Crippen LogP contribution in [0.15, 0.2) is 29.4 Å². The van der Waals surface area contributed by atoms with E-state index >= 15 is 0 Å². The molecule has 2 rings (SSSR count). The lowest BCUT2D eigenvalue weighted by molar-refractivity contribution is 0.318. The maximum absolute atomic E-state index is 8.55. The lowest BCUT2D eigenvalue weighted by atomic mass is 10.1. The summed E-state index contributed by atoms with van der Waals surface area (Å²) in [7, 11) is 0. The molecule has 0 saturated heterocycles. The number of allylic oxidation sites excluding steroid dienone is 1. The smallest absolute Gasteiger partial charge is 0.170 e. The molecule has 0 radical (unpaired) electrons. The second-order valence-corrected chi connectivity index (χ2v) is 4.28. The van der Waals surface area contributed by atoms with Gasteiger partial charge in [-0.05, 0) is 46.2 Å². The second-order valence-electron chi connectivity index (χ2n) is 3.11. The molecule has 3 N–H and O–H groups in total. The van der Waals surface area contributed by atoms with E-state index in [9.17, 15) is 0 Å². The summed E-state index contributed by atoms with van der Waals surface area (Å²) in [6.45, 7) is 0. The minimum atomic E-state index is 0.156. The Hall–Kier alpha value is -1.04. The summed E-state index contributed by atoms with van der Waals surface area (Å²) in [5.41, 5.74) is 8.76. The quantitative estimate of drug-likeness (QED) is 0.274. The van der Waals surface area contributed by atoms with Crippen LogP contribution in [0.25, 0.3) is 3.58 Å². The van der Waals surface area contributed by atoms with Crippen LogP contribution in [-0.4, -0.2) is 11.0 Å². The minimum absolute atomic E-state index is 0.156. The molecule has 72 valence electrons. The Balaban J connectivity index is 2.50. The highest BCUT2D eigenvalue weighted by molar-refractivity contribution is 14.1. The van der Waals surface area contributed by atoms with Gasteiger partial charge in [-0.25, -0.2) is 0 Å². The van der Waals surface area contributed by atoms with Crippen LogP contribution in [0, 0.1) is 0 Å². The van der Waals surface area contributed by atoms with E-state index in [0.717, 1.165) is 12.0 Å². The number of fused-ring (bicyclic) bond motifs is 1. The fraction of sp³-hybridized carbons (Fsp3) is 0.100. The molecule has 0 aromatic heterocycles. The number of amidine groups is 1. The zero-order valence-electron chi connectivity index (χ0n) is 7.37. The molecule has 0 saturated carbocycles. The standard InChI is InChI=1S/C10H9IN2O/c11-9-4-3-6-1-2-7(5-8(6)9)10(12)13-14/h1-2,4-5,14H,3H2,(H2,12,13). The predicted molar refractivity (Wildman–Crippen MR) is 64.7 cm³/mol. The molecular weight excluding hydrogens is 291 g/mol. The molecule has 0 fully saturated rings. The van der Waals surface area contributed by atoms with Gasteiger partial charge >= 0.3 is 0 Å². The van der Waals surface area contributed by atoms with Gasteiger partial charge in [-0.15, -0.1) is 0 Å². The monoisotopic (exact) mass is 300 g/mol. The van der Waals surface area contributed by atoms with Gasteiger partial charge < -0.3 is 10.9 Å². The van der Waals surface area contributed by atoms with Crippen molar-refractivity contribution in [3.63, 3.8) is 0 Å². The average molecular weight is 300 g/mol. The van der Waals surface area contributed by atoms with Crippen molar-refractivity contribution in [3.8, 4) is 0 Å². The van der Waals surface area contributed by atoms with Gasteiger partial charge in [0, 0.05) is 9.14 Å². The highest BCUT2D eigenvalue weighted by atomic mass is 127. The number of rotatable bonds is 1. The van der Waals surface area contributed by atoms with E-state index in [4.69, 9.17) is 10.9 Å². The number of benzene rings is 1. The largest absolute Gasteiger partial charge is 0.409 e. The van der Waals surface area contributed by atoms with Crippen molar-refractivity contribution in [2.45, 2.75) is 6.42 Å². The third-order valence-corrected chi connectivity index (χ3v) is 3.29. The number of hydrogen-bond acceptors (Lipinski definition) is 2. The van der Waals surface area contributed by atoms with Gasteiger partial charge in [-0.2, -0.15) is 0 Å². The number of halogens is 1. The van der Waals surface area contributed by atoms with Crippen LogP contribution in [-0.2, 0) is 6.42 Å². The lowest BCUT2D eigenvalue weighted by Crippen LogP contribution is -2.13. The van der Waals surface area contributed by atoms with E-state index in [-0.39, 0.29) is 5.84 Å². The first kappa shape index (κ1) is 9.51. The van der Waals surface area contributed by atoms with Crippen molar-refractivity contribution in [1.82, 2.24) is 0 Å². The highest BCUT2D eigenvalue weighted by Gasteiger charge is 2.12. The molecule has 1 aromatic rings. The molecule has 3 nitrogen and oxygen atoms in total. The van der Waals surface area contributed by atoms with Crippen molar-refractivity contribution in [3.05, 3.63) is 41.0 Å². The molecule has 0 aliphatic heterocycles. The number of nitrogens with zero attached hydrogens (tertiary/aromatic N) is 1. The van der Waals surface area contributed by atoms with Crippen LogP contribution < -0.4 is 5.73 Å². The molecule has 4 heteroatoms. The first-order valence-corrected chi connectivity index (χ1v) is 5.27. The maximum atomic E-state index is 8.55. The topological polar surface area (TPSA) is 58.6 Å². The lowest BCUT2D eigenvalue weighted by Gasteiger charge is -2.03. The van der Waals surface area contributed by atoms with E-state index in [2.05, 4.69) is 33.8 Å². The summed E-state index contributed by atoms with van der Waals surface area (Å²) in [6, 6.07) is 5.84. The Morgan fingerprint density at radius 3 is 3.00 bits per heavy atom. The SMILES string of the molecule is N/C(=N/O)c1ccc2c(c1)C(I)=CC2. The molecule has 0 bridgehead atoms. The summed E-state index contributed by atoms with van der Waals surface area (Å²) >= 11 is 2.29. The zero-order valence-corrected chi connectivity index (χ0v) is 9.52. The number of oxime groups is 1. The molecule has 1 aliphatic rings. The number of nitrogens with two attached hydrogens (primary N) is 1. The summed E-state index contributed by atoms with van der Waals surface area (Å²) in [6.07, 6.45) is 3.14. The molecular formula is C10H9IN2O. The fourth-order valence-electron chi connectivity index (χ4n) is 1.50. The first-order chi connectivity index (χ1) is 6.72. The van der Waals surface area contributed by atoms with Gasteiger partial charge in [0.25, 0.3) is 0 Å². The van der Waals surface area contributed by atoms with Crippen LogP contribution in [0.2, 0.25) is 0 Å². The summed E-state index contributed by atoms with van der Waals surface area (Å²) in [5, 5.41) is 11.5. The minimum Gasteiger partial charge on any atom is -0.409 e. The average Bonchev–Trinajstić information content (AvgIpc) is 2.59. The Kier molecular flexibility index (Phi) is 2.45. The molecule has 14 heavy (non-hydrogen) atoms. The number of hydrogen-bond donors (Lipinski definition) is 2. The van der Waals surface area contributed by atoms with Gasteiger partial charge in [0.15, 0.2) is 5.84 Å². The van der Waals surface area contributed by atoms with Crippen molar-refractivity contribution in [2.75, 3.05) is 0 Å². The third-order valence-electron chi connectivity index (χ3n) is 2.27. The summed E-state index contributed by atoms with van der Waals surface area (Å²) in [4.78, 5) is 0. The van der Waals surface area contributed by atoms with Crippen molar-refractivity contribution in [1.29, 1.82) is 0 Å². The Bertz CT molecular complexity index is 438. The van der Waals surface area contributed by atoms with Crippen LogP contribution in [0.4, 0.5) is 0 Å². The Morgan fingerprint density at radius 2 is 2.29 bits per heavy atom. The van der Waals surface area contributed by atoms with Crippen molar-refractivity contribution >= 4 is 32.0 Å². The van der Waals surface area contributed by atoms with Crippen molar-refractivity contribution < 1.29 is 5.21 Å². The fourth-order valence-corrected chi connectivity index (χ4v) is 2.23. The molecule has 1 aromatic carbocycles. The van der Waals surface area contributed by atoms with Crippen LogP contribution in [0.1, 0.15) is 16.7 Å². The third kappa shape index (κ3) is 1.50. The maximum Gasteiger partial charge on any atom is 0.170 e. The van der Waals surface area contributed by atoms with Gasteiger partial charge in [0.05, 0.1) is 0 Å². The molecule has 0 spiro atoms. The summed E-state index contributed by atoms with van der Waals surface area (Å²) < 4.78 is 1.23. The molecule has 0 atom stereocenters. The van der Waals surface area contributed by atoms with Crippen LogP contribution in [0.5, 0.6) is 0 Å². The van der Waals surface area contributed by atoms with E-state index in [1.165, 1.54) is 14.7 Å².